The van der Waals surface area contributed by atoms with Gasteiger partial charge < -0.3 is 5.11 Å². The number of hydrogen-bond donors (Lipinski definition) is 2. The van der Waals surface area contributed by atoms with Gasteiger partial charge in [-0.3, -0.25) is 0 Å². The van der Waals surface area contributed by atoms with Gasteiger partial charge in [0.1, 0.15) is 4.21 Å². The van der Waals surface area contributed by atoms with Crippen LogP contribution in [0.5, 0.6) is 0 Å². The molecule has 0 amide bonds. The van der Waals surface area contributed by atoms with Gasteiger partial charge in [0.25, 0.3) is 10.0 Å². The van der Waals surface area contributed by atoms with Crippen LogP contribution in [-0.2, 0) is 10.0 Å². The number of aromatic carboxylic acids is 1. The smallest absolute Gasteiger partial charge is 0.336 e. The average Bonchev–Trinajstić information content (AvgIpc) is 2.89. The van der Waals surface area contributed by atoms with Crippen LogP contribution in [0.2, 0.25) is 5.02 Å². The van der Waals surface area contributed by atoms with E-state index in [2.05, 4.69) is 4.72 Å². The number of nitrogens with one attached hydrogen (secondary N) is 1. The summed E-state index contributed by atoms with van der Waals surface area (Å²) >= 11 is 6.89. The number of rotatable bonds is 5. The number of thiophene rings is 1. The first-order valence-corrected chi connectivity index (χ1v) is 8.64. The van der Waals surface area contributed by atoms with Crippen molar-refractivity contribution in [3.63, 3.8) is 0 Å². The molecule has 1 aromatic heterocycles. The second kappa shape index (κ2) is 6.15. The van der Waals surface area contributed by atoms with E-state index in [1.54, 1.807) is 31.2 Å². The maximum absolute atomic E-state index is 12.2. The van der Waals surface area contributed by atoms with Crippen LogP contribution in [0.3, 0.4) is 0 Å². The Labute approximate surface area is 131 Å². The Kier molecular flexibility index (Phi) is 4.67. The molecule has 2 N–H and O–H groups in total. The topological polar surface area (TPSA) is 83.5 Å². The van der Waals surface area contributed by atoms with E-state index in [0.29, 0.717) is 10.6 Å². The molecule has 1 atom stereocenters. The minimum atomic E-state index is -3.79. The van der Waals surface area contributed by atoms with Gasteiger partial charge in [0, 0.05) is 16.4 Å². The summed E-state index contributed by atoms with van der Waals surface area (Å²) in [5, 5.41) is 10.6. The molecule has 2 aromatic rings. The zero-order chi connectivity index (χ0) is 15.6. The van der Waals surface area contributed by atoms with Crippen molar-refractivity contribution in [2.45, 2.75) is 17.2 Å². The van der Waals surface area contributed by atoms with Gasteiger partial charge in [0.05, 0.1) is 5.56 Å². The Bertz CT molecular complexity index is 770. The summed E-state index contributed by atoms with van der Waals surface area (Å²) in [4.78, 5) is 10.8. The van der Waals surface area contributed by atoms with Crippen molar-refractivity contribution in [3.05, 3.63) is 51.9 Å². The highest BCUT2D eigenvalue weighted by molar-refractivity contribution is 7.91. The summed E-state index contributed by atoms with van der Waals surface area (Å²) in [5.41, 5.74) is 0.600. The molecule has 0 saturated heterocycles. The van der Waals surface area contributed by atoms with Crippen molar-refractivity contribution >= 4 is 38.9 Å². The van der Waals surface area contributed by atoms with E-state index < -0.39 is 22.0 Å². The van der Waals surface area contributed by atoms with E-state index >= 15 is 0 Å². The van der Waals surface area contributed by atoms with Crippen LogP contribution in [0.4, 0.5) is 0 Å². The van der Waals surface area contributed by atoms with Crippen LogP contribution in [0.1, 0.15) is 28.9 Å². The molecule has 0 spiro atoms. The molecular weight excluding hydrogens is 334 g/mol. The van der Waals surface area contributed by atoms with Gasteiger partial charge in [0.2, 0.25) is 0 Å². The number of halogens is 1. The predicted octanol–water partition coefficient (Wildman–Crippen LogP) is 3.14. The Morgan fingerprint density at radius 2 is 2.05 bits per heavy atom. The van der Waals surface area contributed by atoms with Crippen molar-refractivity contribution in [2.75, 3.05) is 0 Å². The Hall–Kier alpha value is -1.41. The van der Waals surface area contributed by atoms with Crippen LogP contribution >= 0.6 is 22.9 Å². The highest BCUT2D eigenvalue weighted by Crippen LogP contribution is 2.26. The van der Waals surface area contributed by atoms with Crippen LogP contribution in [0.15, 0.2) is 39.9 Å². The minimum absolute atomic E-state index is 0.0428. The van der Waals surface area contributed by atoms with Crippen molar-refractivity contribution in [1.29, 1.82) is 0 Å². The number of carboxylic acid groups (broad SMARTS) is 1. The van der Waals surface area contributed by atoms with E-state index in [-0.39, 0.29) is 9.77 Å². The molecule has 21 heavy (non-hydrogen) atoms. The first-order valence-electron chi connectivity index (χ1n) is 5.90. The third kappa shape index (κ3) is 3.62. The molecule has 0 fully saturated rings. The quantitative estimate of drug-likeness (QED) is 0.872. The standard InChI is InChI=1S/C13H12ClNO4S2/c1-8(10-4-2-3-5-11(10)14)15-21(18,19)12-6-9(7-20-12)13(16)17/h2-8,15H,1H3,(H,16,17)/t8-/m1/s1. The summed E-state index contributed by atoms with van der Waals surface area (Å²) < 4.78 is 26.9. The molecule has 0 saturated carbocycles. The molecule has 0 radical (unpaired) electrons. The third-order valence-corrected chi connectivity index (χ3v) is 6.12. The van der Waals surface area contributed by atoms with E-state index in [4.69, 9.17) is 16.7 Å². The lowest BCUT2D eigenvalue weighted by molar-refractivity contribution is 0.0697. The van der Waals surface area contributed by atoms with Gasteiger partial charge in [0.15, 0.2) is 0 Å². The van der Waals surface area contributed by atoms with Gasteiger partial charge in [-0.05, 0) is 24.6 Å². The zero-order valence-electron chi connectivity index (χ0n) is 10.9. The SMILES string of the molecule is C[C@@H](NS(=O)(=O)c1cc(C(=O)O)cs1)c1ccccc1Cl. The van der Waals surface area contributed by atoms with Gasteiger partial charge >= 0.3 is 5.97 Å². The van der Waals surface area contributed by atoms with E-state index in [1.165, 1.54) is 5.38 Å². The summed E-state index contributed by atoms with van der Waals surface area (Å²) in [5.74, 6) is -1.16. The lowest BCUT2D eigenvalue weighted by Crippen LogP contribution is -2.26. The summed E-state index contributed by atoms with van der Waals surface area (Å²) in [6.45, 7) is 1.67. The van der Waals surface area contributed by atoms with Crippen molar-refractivity contribution in [2.24, 2.45) is 0 Å². The number of benzene rings is 1. The largest absolute Gasteiger partial charge is 0.478 e. The highest BCUT2D eigenvalue weighted by Gasteiger charge is 2.22. The lowest BCUT2D eigenvalue weighted by Gasteiger charge is -2.15. The Balaban J connectivity index is 2.24. The maximum Gasteiger partial charge on any atom is 0.336 e. The first-order chi connectivity index (χ1) is 9.81. The summed E-state index contributed by atoms with van der Waals surface area (Å²) in [6, 6.07) is 7.53. The Morgan fingerprint density at radius 1 is 1.38 bits per heavy atom. The van der Waals surface area contributed by atoms with Crippen molar-refractivity contribution in [3.8, 4) is 0 Å². The fourth-order valence-electron chi connectivity index (χ4n) is 1.75. The molecule has 0 unspecified atom stereocenters. The van der Waals surface area contributed by atoms with Gasteiger partial charge in [-0.15, -0.1) is 11.3 Å². The lowest BCUT2D eigenvalue weighted by atomic mass is 10.1. The highest BCUT2D eigenvalue weighted by atomic mass is 35.5. The normalized spacial score (nSPS) is 13.0. The van der Waals surface area contributed by atoms with E-state index in [9.17, 15) is 13.2 Å². The molecule has 0 bridgehead atoms. The second-order valence-corrected chi connectivity index (χ2v) is 7.58. The van der Waals surface area contributed by atoms with Gasteiger partial charge in [-0.1, -0.05) is 29.8 Å². The van der Waals surface area contributed by atoms with E-state index in [1.807, 2.05) is 0 Å². The molecule has 8 heteroatoms. The molecule has 5 nitrogen and oxygen atoms in total. The molecule has 0 aliphatic rings. The summed E-state index contributed by atoms with van der Waals surface area (Å²) in [6.07, 6.45) is 0. The Morgan fingerprint density at radius 3 is 2.62 bits per heavy atom. The zero-order valence-corrected chi connectivity index (χ0v) is 13.3. The van der Waals surface area contributed by atoms with Crippen LogP contribution in [0, 0.1) is 0 Å². The van der Waals surface area contributed by atoms with Crippen LogP contribution in [0.25, 0.3) is 0 Å². The monoisotopic (exact) mass is 345 g/mol. The predicted molar refractivity (Wildman–Crippen MR) is 81.5 cm³/mol. The van der Waals surface area contributed by atoms with Crippen LogP contribution < -0.4 is 4.72 Å². The van der Waals surface area contributed by atoms with Gasteiger partial charge in [-0.2, -0.15) is 0 Å². The van der Waals surface area contributed by atoms with Crippen molar-refractivity contribution < 1.29 is 18.3 Å². The molecule has 2 rings (SSSR count). The minimum Gasteiger partial charge on any atom is -0.478 e. The van der Waals surface area contributed by atoms with Gasteiger partial charge in [-0.25, -0.2) is 17.9 Å². The average molecular weight is 346 g/mol. The molecule has 0 aliphatic carbocycles. The van der Waals surface area contributed by atoms with E-state index in [0.717, 1.165) is 17.4 Å². The first kappa shape index (κ1) is 16.0. The second-order valence-electron chi connectivity index (χ2n) is 4.32. The number of carbonyl (C=O) groups is 1. The molecular formula is C13H12ClNO4S2. The molecule has 0 aliphatic heterocycles. The maximum atomic E-state index is 12.2. The van der Waals surface area contributed by atoms with Crippen molar-refractivity contribution in [1.82, 2.24) is 4.72 Å². The molecule has 112 valence electrons. The number of carboxylic acids is 1. The van der Waals surface area contributed by atoms with Crippen LogP contribution in [-0.4, -0.2) is 19.5 Å². The fraction of sp³-hybridized carbons (Fsp3) is 0.154. The number of sulfonamides is 1. The molecule has 1 heterocycles. The molecule has 1 aromatic carbocycles. The fourth-order valence-corrected chi connectivity index (χ4v) is 4.44. The number of hydrogen-bond acceptors (Lipinski definition) is 4. The third-order valence-electron chi connectivity index (χ3n) is 2.79. The summed E-state index contributed by atoms with van der Waals surface area (Å²) in [7, 11) is -3.79.